The molecule has 0 bridgehead atoms. The van der Waals surface area contributed by atoms with E-state index in [1.807, 2.05) is 19.1 Å². The van der Waals surface area contributed by atoms with E-state index in [-0.39, 0.29) is 25.5 Å². The summed E-state index contributed by atoms with van der Waals surface area (Å²) >= 11 is 0. The van der Waals surface area contributed by atoms with Gasteiger partial charge in [-0.25, -0.2) is 0 Å². The van der Waals surface area contributed by atoms with Crippen LogP contribution < -0.4 is 14.8 Å². The molecule has 1 aromatic rings. The first kappa shape index (κ1) is 16.4. The zero-order valence-electron chi connectivity index (χ0n) is 13.4. The second-order valence-electron chi connectivity index (χ2n) is 6.64. The molecule has 0 saturated heterocycles. The summed E-state index contributed by atoms with van der Waals surface area (Å²) in [5.74, 6) is 1.51. The lowest BCUT2D eigenvalue weighted by Gasteiger charge is -2.43. The van der Waals surface area contributed by atoms with Crippen LogP contribution in [0.4, 0.5) is 13.2 Å². The molecule has 2 aliphatic rings. The zero-order chi connectivity index (χ0) is 16.7. The number of alkyl halides is 3. The van der Waals surface area contributed by atoms with Crippen molar-refractivity contribution in [3.8, 4) is 11.5 Å². The standard InChI is InChI=1S/C17H22F3NO2/c1-11-6-12-7-14(22-2)8-13(15(12)23-11)9-21-10-16(4-3-5-16)17(18,19)20/h7-8,11,21H,3-6,9-10H2,1-2H3. The van der Waals surface area contributed by atoms with E-state index in [1.165, 1.54) is 0 Å². The molecule has 1 heterocycles. The monoisotopic (exact) mass is 329 g/mol. The third-order valence-electron chi connectivity index (χ3n) is 4.97. The average Bonchev–Trinajstić information content (AvgIpc) is 2.80. The summed E-state index contributed by atoms with van der Waals surface area (Å²) in [6.45, 7) is 2.29. The van der Waals surface area contributed by atoms with E-state index < -0.39 is 11.6 Å². The van der Waals surface area contributed by atoms with Crippen LogP contribution in [0, 0.1) is 5.41 Å². The van der Waals surface area contributed by atoms with Crippen LogP contribution in [0.25, 0.3) is 0 Å². The molecular weight excluding hydrogens is 307 g/mol. The van der Waals surface area contributed by atoms with Crippen molar-refractivity contribution in [1.82, 2.24) is 5.32 Å². The third-order valence-corrected chi connectivity index (χ3v) is 4.97. The maximum absolute atomic E-state index is 13.2. The Morgan fingerprint density at radius 3 is 2.65 bits per heavy atom. The lowest BCUT2D eigenvalue weighted by Crippen LogP contribution is -2.50. The van der Waals surface area contributed by atoms with Crippen LogP contribution in [0.5, 0.6) is 11.5 Å². The topological polar surface area (TPSA) is 30.5 Å². The maximum Gasteiger partial charge on any atom is 0.395 e. The number of methoxy groups -OCH3 is 1. The Morgan fingerprint density at radius 2 is 2.09 bits per heavy atom. The number of rotatable bonds is 5. The molecule has 1 aliphatic heterocycles. The number of nitrogens with one attached hydrogen (secondary N) is 1. The number of ether oxygens (including phenoxy) is 2. The Kier molecular flexibility index (Phi) is 4.21. The molecule has 1 aliphatic carbocycles. The van der Waals surface area contributed by atoms with E-state index in [0.29, 0.717) is 18.7 Å². The fraction of sp³-hybridized carbons (Fsp3) is 0.647. The van der Waals surface area contributed by atoms with Gasteiger partial charge < -0.3 is 14.8 Å². The van der Waals surface area contributed by atoms with Gasteiger partial charge in [0.2, 0.25) is 0 Å². The molecule has 1 atom stereocenters. The Hall–Kier alpha value is -1.43. The predicted octanol–water partition coefficient (Wildman–Crippen LogP) is 3.84. The van der Waals surface area contributed by atoms with Gasteiger partial charge in [0.25, 0.3) is 0 Å². The molecule has 128 valence electrons. The zero-order valence-corrected chi connectivity index (χ0v) is 13.4. The first-order chi connectivity index (χ1) is 10.8. The minimum Gasteiger partial charge on any atom is -0.497 e. The normalized spacial score (nSPS) is 22.2. The number of fused-ring (bicyclic) bond motifs is 1. The van der Waals surface area contributed by atoms with Gasteiger partial charge in [-0.2, -0.15) is 13.2 Å². The van der Waals surface area contributed by atoms with Gasteiger partial charge in [-0.1, -0.05) is 6.42 Å². The summed E-state index contributed by atoms with van der Waals surface area (Å²) in [6.07, 6.45) is -2.17. The first-order valence-electron chi connectivity index (χ1n) is 7.98. The average molecular weight is 329 g/mol. The highest BCUT2D eigenvalue weighted by atomic mass is 19.4. The first-order valence-corrected chi connectivity index (χ1v) is 7.98. The molecule has 23 heavy (non-hydrogen) atoms. The third kappa shape index (κ3) is 3.01. The molecule has 0 spiro atoms. The van der Waals surface area contributed by atoms with Gasteiger partial charge in [0.15, 0.2) is 0 Å². The fourth-order valence-corrected chi connectivity index (χ4v) is 3.43. The molecule has 3 rings (SSSR count). The summed E-state index contributed by atoms with van der Waals surface area (Å²) in [5, 5.41) is 2.99. The number of halogens is 3. The molecule has 1 aromatic carbocycles. The van der Waals surface area contributed by atoms with Crippen molar-refractivity contribution >= 4 is 0 Å². The minimum atomic E-state index is -4.14. The van der Waals surface area contributed by atoms with Crippen molar-refractivity contribution in [3.05, 3.63) is 23.3 Å². The van der Waals surface area contributed by atoms with Gasteiger partial charge in [-0.15, -0.1) is 0 Å². The number of hydrogen-bond donors (Lipinski definition) is 1. The van der Waals surface area contributed by atoms with Gasteiger partial charge in [0, 0.05) is 30.6 Å². The van der Waals surface area contributed by atoms with Crippen LogP contribution in [-0.2, 0) is 13.0 Å². The SMILES string of the molecule is COc1cc(CNCC2(C(F)(F)F)CCC2)c2c(c1)CC(C)O2. The van der Waals surface area contributed by atoms with E-state index in [2.05, 4.69) is 5.32 Å². The van der Waals surface area contributed by atoms with Crippen LogP contribution in [0.1, 0.15) is 37.3 Å². The van der Waals surface area contributed by atoms with Gasteiger partial charge in [-0.3, -0.25) is 0 Å². The largest absolute Gasteiger partial charge is 0.497 e. The van der Waals surface area contributed by atoms with Crippen LogP contribution in [0.15, 0.2) is 12.1 Å². The van der Waals surface area contributed by atoms with Crippen molar-refractivity contribution in [1.29, 1.82) is 0 Å². The molecule has 1 N–H and O–H groups in total. The van der Waals surface area contributed by atoms with Crippen molar-refractivity contribution in [3.63, 3.8) is 0 Å². The van der Waals surface area contributed by atoms with E-state index in [9.17, 15) is 13.2 Å². The highest BCUT2D eigenvalue weighted by Gasteiger charge is 2.57. The molecule has 0 aromatic heterocycles. The van der Waals surface area contributed by atoms with Crippen LogP contribution in [0.3, 0.4) is 0 Å². The number of hydrogen-bond acceptors (Lipinski definition) is 3. The molecule has 3 nitrogen and oxygen atoms in total. The van der Waals surface area contributed by atoms with Crippen molar-refractivity contribution in [2.75, 3.05) is 13.7 Å². The Labute approximate surface area is 134 Å². The van der Waals surface area contributed by atoms with Crippen LogP contribution >= 0.6 is 0 Å². The molecule has 1 fully saturated rings. The molecular formula is C17H22F3NO2. The lowest BCUT2D eigenvalue weighted by molar-refractivity contribution is -0.248. The van der Waals surface area contributed by atoms with Gasteiger partial charge in [0.1, 0.15) is 17.6 Å². The Morgan fingerprint density at radius 1 is 1.35 bits per heavy atom. The number of benzene rings is 1. The van der Waals surface area contributed by atoms with E-state index in [4.69, 9.17) is 9.47 Å². The van der Waals surface area contributed by atoms with Gasteiger partial charge in [-0.05, 0) is 31.9 Å². The van der Waals surface area contributed by atoms with Crippen molar-refractivity contribution in [2.45, 2.75) is 51.4 Å². The lowest BCUT2D eigenvalue weighted by atomic mass is 9.68. The summed E-state index contributed by atoms with van der Waals surface area (Å²) in [4.78, 5) is 0. The molecule has 1 saturated carbocycles. The molecule has 0 amide bonds. The highest BCUT2D eigenvalue weighted by Crippen LogP contribution is 2.52. The van der Waals surface area contributed by atoms with E-state index in [1.54, 1.807) is 7.11 Å². The minimum absolute atomic E-state index is 0.0436. The second kappa shape index (κ2) is 5.89. The summed E-state index contributed by atoms with van der Waals surface area (Å²) < 4.78 is 50.7. The van der Waals surface area contributed by atoms with Crippen molar-refractivity contribution < 1.29 is 22.6 Å². The Balaban J connectivity index is 1.70. The fourth-order valence-electron chi connectivity index (χ4n) is 3.43. The van der Waals surface area contributed by atoms with Crippen LogP contribution in [-0.4, -0.2) is 25.9 Å². The molecule has 1 unspecified atom stereocenters. The van der Waals surface area contributed by atoms with Gasteiger partial charge in [0.05, 0.1) is 12.5 Å². The molecule has 6 heteroatoms. The molecule has 0 radical (unpaired) electrons. The maximum atomic E-state index is 13.2. The van der Waals surface area contributed by atoms with Gasteiger partial charge >= 0.3 is 6.18 Å². The summed E-state index contributed by atoms with van der Waals surface area (Å²) in [7, 11) is 1.59. The smallest absolute Gasteiger partial charge is 0.395 e. The second-order valence-corrected chi connectivity index (χ2v) is 6.64. The van der Waals surface area contributed by atoms with E-state index >= 15 is 0 Å². The van der Waals surface area contributed by atoms with E-state index in [0.717, 1.165) is 23.3 Å². The Bertz CT molecular complexity index is 582. The highest BCUT2D eigenvalue weighted by molar-refractivity contribution is 5.49. The van der Waals surface area contributed by atoms with Crippen LogP contribution in [0.2, 0.25) is 0 Å². The summed E-state index contributed by atoms with van der Waals surface area (Å²) in [6, 6.07) is 3.77. The quantitative estimate of drug-likeness (QED) is 0.890. The summed E-state index contributed by atoms with van der Waals surface area (Å²) in [5.41, 5.74) is 0.367. The predicted molar refractivity (Wildman–Crippen MR) is 80.8 cm³/mol. The van der Waals surface area contributed by atoms with Crippen molar-refractivity contribution in [2.24, 2.45) is 5.41 Å².